The number of methoxy groups -OCH3 is 2. The number of benzene rings is 4. The molecule has 7 heteroatoms. The van der Waals surface area contributed by atoms with Gasteiger partial charge < -0.3 is 15.2 Å². The van der Waals surface area contributed by atoms with Crippen LogP contribution in [0.3, 0.4) is 0 Å². The van der Waals surface area contributed by atoms with E-state index in [0.717, 1.165) is 32.7 Å². The zero-order chi connectivity index (χ0) is 22.3. The number of nitrogens with zero attached hydrogens (tertiary/aromatic N) is 3. The van der Waals surface area contributed by atoms with Gasteiger partial charge in [-0.3, -0.25) is 0 Å². The number of hydrazone groups is 1. The molecule has 0 spiro atoms. The number of rotatable bonds is 6. The second kappa shape index (κ2) is 9.61. The minimum atomic E-state index is 0.0518. The van der Waals surface area contributed by atoms with Crippen LogP contribution in [0, 0.1) is 0 Å². The lowest BCUT2D eigenvalue weighted by atomic mass is 10.0. The summed E-state index contributed by atoms with van der Waals surface area (Å²) >= 11 is 0. The lowest BCUT2D eigenvalue weighted by Crippen LogP contribution is -2.26. The Kier molecular flexibility index (Phi) is 6.27. The quantitative estimate of drug-likeness (QED) is 0.274. The van der Waals surface area contributed by atoms with Crippen molar-refractivity contribution in [2.75, 3.05) is 14.2 Å². The predicted molar refractivity (Wildman–Crippen MR) is 131 cm³/mol. The maximum Gasteiger partial charge on any atom is 0.234 e. The summed E-state index contributed by atoms with van der Waals surface area (Å²) in [6.07, 6.45) is 3.27. The van der Waals surface area contributed by atoms with Gasteiger partial charge in [0.2, 0.25) is 5.96 Å². The van der Waals surface area contributed by atoms with Crippen LogP contribution in [-0.2, 0) is 0 Å². The Morgan fingerprint density at radius 2 is 1.28 bits per heavy atom. The van der Waals surface area contributed by atoms with Gasteiger partial charge in [-0.05, 0) is 33.7 Å². The van der Waals surface area contributed by atoms with E-state index in [2.05, 4.69) is 20.7 Å². The zero-order valence-corrected chi connectivity index (χ0v) is 17.8. The van der Waals surface area contributed by atoms with E-state index in [9.17, 15) is 0 Å². The first-order chi connectivity index (χ1) is 15.7. The minimum absolute atomic E-state index is 0.0518. The number of hydrogen-bond acceptors (Lipinski definition) is 5. The summed E-state index contributed by atoms with van der Waals surface area (Å²) < 4.78 is 10.9. The molecule has 160 valence electrons. The second-order valence-corrected chi connectivity index (χ2v) is 6.91. The van der Waals surface area contributed by atoms with Crippen LogP contribution in [-0.4, -0.2) is 32.6 Å². The number of hydrogen-bond donors (Lipinski definition) is 2. The van der Waals surface area contributed by atoms with Gasteiger partial charge >= 0.3 is 0 Å². The number of ether oxygens (including phenoxy) is 2. The first kappa shape index (κ1) is 20.9. The first-order valence-electron chi connectivity index (χ1n) is 9.98. The van der Waals surface area contributed by atoms with Gasteiger partial charge in [0.25, 0.3) is 0 Å². The topological polar surface area (TPSA) is 93.6 Å². The third-order valence-electron chi connectivity index (χ3n) is 5.03. The lowest BCUT2D eigenvalue weighted by Gasteiger charge is -2.08. The van der Waals surface area contributed by atoms with Crippen molar-refractivity contribution in [3.8, 4) is 11.5 Å². The smallest absolute Gasteiger partial charge is 0.234 e. The van der Waals surface area contributed by atoms with Gasteiger partial charge in [0, 0.05) is 11.1 Å². The van der Waals surface area contributed by atoms with Crippen LogP contribution in [0.25, 0.3) is 21.5 Å². The lowest BCUT2D eigenvalue weighted by molar-refractivity contribution is 0.414. The molecule has 0 amide bonds. The molecule has 4 rings (SSSR count). The Morgan fingerprint density at radius 3 is 1.84 bits per heavy atom. The van der Waals surface area contributed by atoms with Gasteiger partial charge in [0.15, 0.2) is 0 Å². The largest absolute Gasteiger partial charge is 0.496 e. The molecule has 0 atom stereocenters. The molecule has 0 bridgehead atoms. The van der Waals surface area contributed by atoms with Crippen molar-refractivity contribution in [3.05, 3.63) is 83.9 Å². The predicted octanol–water partition coefficient (Wildman–Crippen LogP) is 4.28. The van der Waals surface area contributed by atoms with Crippen LogP contribution in [0.2, 0.25) is 0 Å². The fourth-order valence-electron chi connectivity index (χ4n) is 3.51. The van der Waals surface area contributed by atoms with Crippen LogP contribution in [0.5, 0.6) is 11.5 Å². The van der Waals surface area contributed by atoms with Gasteiger partial charge in [-0.15, -0.1) is 5.10 Å². The van der Waals surface area contributed by atoms with Crippen molar-refractivity contribution in [1.82, 2.24) is 5.43 Å². The Balaban J connectivity index is 1.54. The number of fused-ring (bicyclic) bond motifs is 2. The molecule has 0 radical (unpaired) electrons. The van der Waals surface area contributed by atoms with Crippen molar-refractivity contribution >= 4 is 39.9 Å². The zero-order valence-electron chi connectivity index (χ0n) is 17.8. The highest BCUT2D eigenvalue weighted by molar-refractivity contribution is 6.03. The summed E-state index contributed by atoms with van der Waals surface area (Å²) in [5, 5.41) is 16.5. The fraction of sp³-hybridized carbons (Fsp3) is 0.0800. The highest BCUT2D eigenvalue weighted by atomic mass is 16.5. The third-order valence-corrected chi connectivity index (χ3v) is 5.03. The van der Waals surface area contributed by atoms with Crippen LogP contribution >= 0.6 is 0 Å². The molecule has 0 aromatic heterocycles. The van der Waals surface area contributed by atoms with Crippen molar-refractivity contribution in [1.29, 1.82) is 0 Å². The number of nitrogens with two attached hydrogens (primary N) is 1. The summed E-state index contributed by atoms with van der Waals surface area (Å²) in [7, 11) is 3.25. The highest BCUT2D eigenvalue weighted by Crippen LogP contribution is 2.27. The second-order valence-electron chi connectivity index (χ2n) is 6.91. The first-order valence-corrected chi connectivity index (χ1v) is 9.98. The average molecular weight is 425 g/mol. The van der Waals surface area contributed by atoms with Gasteiger partial charge in [0.1, 0.15) is 11.5 Å². The van der Waals surface area contributed by atoms with Crippen molar-refractivity contribution in [3.63, 3.8) is 0 Å². The molecule has 0 saturated carbocycles. The van der Waals surface area contributed by atoms with E-state index in [1.807, 2.05) is 72.8 Å². The van der Waals surface area contributed by atoms with Gasteiger partial charge in [-0.25, -0.2) is 5.43 Å². The van der Waals surface area contributed by atoms with Crippen molar-refractivity contribution < 1.29 is 9.47 Å². The van der Waals surface area contributed by atoms with E-state index in [1.165, 1.54) is 0 Å². The van der Waals surface area contributed by atoms with Gasteiger partial charge in [-0.2, -0.15) is 10.2 Å². The van der Waals surface area contributed by atoms with Crippen molar-refractivity contribution in [2.45, 2.75) is 0 Å². The molecule has 0 unspecified atom stereocenters. The number of guanidine groups is 1. The monoisotopic (exact) mass is 425 g/mol. The van der Waals surface area contributed by atoms with E-state index in [4.69, 9.17) is 15.2 Å². The van der Waals surface area contributed by atoms with Crippen LogP contribution < -0.4 is 20.6 Å². The van der Waals surface area contributed by atoms with Crippen LogP contribution in [0.15, 0.2) is 88.1 Å². The molecule has 4 aromatic carbocycles. The van der Waals surface area contributed by atoms with E-state index in [1.54, 1.807) is 26.6 Å². The summed E-state index contributed by atoms with van der Waals surface area (Å²) in [5.74, 6) is 1.47. The molecule has 0 fully saturated rings. The molecule has 3 N–H and O–H groups in total. The maximum absolute atomic E-state index is 5.92. The fourth-order valence-corrected chi connectivity index (χ4v) is 3.51. The van der Waals surface area contributed by atoms with E-state index < -0.39 is 0 Å². The van der Waals surface area contributed by atoms with E-state index in [0.29, 0.717) is 11.5 Å². The Bertz CT molecular complexity index is 1350. The highest BCUT2D eigenvalue weighted by Gasteiger charge is 2.07. The molecular weight excluding hydrogens is 402 g/mol. The summed E-state index contributed by atoms with van der Waals surface area (Å²) in [4.78, 5) is 0. The molecular formula is C25H23N5O2. The summed E-state index contributed by atoms with van der Waals surface area (Å²) in [6.45, 7) is 0. The van der Waals surface area contributed by atoms with Gasteiger partial charge in [0.05, 0.1) is 26.6 Å². The average Bonchev–Trinajstić information content (AvgIpc) is 2.84. The molecule has 4 aromatic rings. The SMILES string of the molecule is COc1ccc2ccccc2c1/C=N\N=C(N)N/N=C\c1c(OC)ccc2ccccc12. The molecule has 0 aliphatic rings. The summed E-state index contributed by atoms with van der Waals surface area (Å²) in [5.41, 5.74) is 10.3. The maximum atomic E-state index is 5.92. The van der Waals surface area contributed by atoms with Crippen LogP contribution in [0.4, 0.5) is 0 Å². The molecule has 0 aliphatic heterocycles. The Hall–Kier alpha value is -4.39. The Morgan fingerprint density at radius 1 is 0.750 bits per heavy atom. The molecule has 0 aliphatic carbocycles. The van der Waals surface area contributed by atoms with E-state index >= 15 is 0 Å². The minimum Gasteiger partial charge on any atom is -0.496 e. The third kappa shape index (κ3) is 4.37. The van der Waals surface area contributed by atoms with E-state index in [-0.39, 0.29) is 5.96 Å². The normalized spacial score (nSPS) is 12.1. The molecule has 0 saturated heterocycles. The van der Waals surface area contributed by atoms with Crippen molar-refractivity contribution in [2.24, 2.45) is 21.0 Å². The van der Waals surface area contributed by atoms with Gasteiger partial charge in [-0.1, -0.05) is 60.7 Å². The number of nitrogens with one attached hydrogen (secondary N) is 1. The molecule has 7 nitrogen and oxygen atoms in total. The van der Waals surface area contributed by atoms with Crippen LogP contribution in [0.1, 0.15) is 11.1 Å². The Labute approximate surface area is 185 Å². The molecule has 0 heterocycles. The summed E-state index contributed by atoms with van der Waals surface area (Å²) in [6, 6.07) is 23.8. The molecule has 32 heavy (non-hydrogen) atoms. The standard InChI is InChI=1S/C25H23N5O2/c1-31-23-13-11-17-7-3-5-9-19(17)21(23)15-27-29-25(26)30-28-16-22-20-10-6-4-8-18(20)12-14-24(22)32-2/h3-16H,1-2H3,(H3,26,29,30)/b27-15-,28-16-.